The molecule has 0 radical (unpaired) electrons. The van der Waals surface area contributed by atoms with Gasteiger partial charge in [-0.05, 0) is 19.1 Å². The van der Waals surface area contributed by atoms with Gasteiger partial charge < -0.3 is 4.74 Å². The summed E-state index contributed by atoms with van der Waals surface area (Å²) in [6.45, 7) is 1.79. The lowest BCUT2D eigenvalue weighted by Gasteiger charge is -2.02. The molecule has 0 saturated heterocycles. The molecule has 0 saturated carbocycles. The number of carbonyl (C=O) groups is 1. The van der Waals surface area contributed by atoms with Crippen molar-refractivity contribution < 1.29 is 9.53 Å². The Bertz CT molecular complexity index is 546. The number of carbonyl (C=O) groups excluding carboxylic acids is 1. The molecule has 0 fully saturated rings. The van der Waals surface area contributed by atoms with E-state index in [1.807, 2.05) is 24.3 Å². The van der Waals surface area contributed by atoms with Crippen molar-refractivity contribution in [2.75, 3.05) is 7.11 Å². The second-order valence-corrected chi connectivity index (χ2v) is 4.49. The average Bonchev–Trinajstić information content (AvgIpc) is 2.71. The van der Waals surface area contributed by atoms with E-state index in [-0.39, 0.29) is 5.97 Å². The Balaban J connectivity index is 2.52. The van der Waals surface area contributed by atoms with E-state index in [4.69, 9.17) is 4.74 Å². The first-order valence-corrected chi connectivity index (χ1v) is 5.82. The summed E-state index contributed by atoms with van der Waals surface area (Å²) >= 11 is 3.36. The number of methoxy groups -OCH3 is 1. The van der Waals surface area contributed by atoms with E-state index in [0.29, 0.717) is 17.0 Å². The lowest BCUT2D eigenvalue weighted by atomic mass is 10.1. The van der Waals surface area contributed by atoms with Gasteiger partial charge in [0.1, 0.15) is 11.3 Å². The lowest BCUT2D eigenvalue weighted by Crippen LogP contribution is -2.03. The molecular weight excluding hydrogens is 284 g/mol. The predicted octanol–water partition coefficient (Wildman–Crippen LogP) is 2.93. The van der Waals surface area contributed by atoms with Gasteiger partial charge in [0, 0.05) is 15.7 Å². The number of benzene rings is 1. The summed E-state index contributed by atoms with van der Waals surface area (Å²) in [7, 11) is 1.36. The quantitative estimate of drug-likeness (QED) is 0.867. The number of hydrogen-bond acceptors (Lipinski definition) is 3. The predicted molar refractivity (Wildman–Crippen MR) is 67.8 cm³/mol. The van der Waals surface area contributed by atoms with E-state index in [2.05, 4.69) is 26.1 Å². The van der Waals surface area contributed by atoms with Gasteiger partial charge in [-0.3, -0.25) is 5.10 Å². The summed E-state index contributed by atoms with van der Waals surface area (Å²) in [5, 5.41) is 6.95. The van der Waals surface area contributed by atoms with Crippen LogP contribution < -0.4 is 0 Å². The fourth-order valence-electron chi connectivity index (χ4n) is 1.60. The molecule has 17 heavy (non-hydrogen) atoms. The molecule has 0 unspecified atom stereocenters. The van der Waals surface area contributed by atoms with Crippen molar-refractivity contribution in [1.29, 1.82) is 0 Å². The van der Waals surface area contributed by atoms with Crippen molar-refractivity contribution in [3.05, 3.63) is 40.0 Å². The van der Waals surface area contributed by atoms with Crippen LogP contribution in [0.1, 0.15) is 16.1 Å². The number of rotatable bonds is 2. The molecule has 0 amide bonds. The first kappa shape index (κ1) is 11.9. The number of nitrogens with zero attached hydrogens (tertiary/aromatic N) is 1. The maximum absolute atomic E-state index is 11.7. The summed E-state index contributed by atoms with van der Waals surface area (Å²) < 4.78 is 5.73. The van der Waals surface area contributed by atoms with Crippen molar-refractivity contribution >= 4 is 21.9 Å². The molecule has 4 nitrogen and oxygen atoms in total. The van der Waals surface area contributed by atoms with E-state index in [1.54, 1.807) is 6.92 Å². The van der Waals surface area contributed by atoms with Gasteiger partial charge in [0.25, 0.3) is 0 Å². The van der Waals surface area contributed by atoms with Crippen LogP contribution in [0.5, 0.6) is 0 Å². The van der Waals surface area contributed by atoms with Crippen LogP contribution in [0, 0.1) is 6.92 Å². The Hall–Kier alpha value is -1.62. The minimum atomic E-state index is -0.380. The van der Waals surface area contributed by atoms with E-state index >= 15 is 0 Å². The number of ether oxygens (including phenoxy) is 1. The Kier molecular flexibility index (Phi) is 3.28. The third kappa shape index (κ3) is 2.24. The van der Waals surface area contributed by atoms with Gasteiger partial charge in [-0.1, -0.05) is 28.1 Å². The molecule has 0 bridgehead atoms. The molecule has 2 rings (SSSR count). The fourth-order valence-corrected chi connectivity index (χ4v) is 1.86. The minimum absolute atomic E-state index is 0.380. The van der Waals surface area contributed by atoms with Crippen LogP contribution in [0.3, 0.4) is 0 Å². The third-order valence-electron chi connectivity index (χ3n) is 2.45. The molecule has 1 aromatic heterocycles. The molecule has 5 heteroatoms. The summed E-state index contributed by atoms with van der Waals surface area (Å²) in [5.74, 6) is -0.380. The van der Waals surface area contributed by atoms with Crippen LogP contribution in [0.4, 0.5) is 0 Å². The van der Waals surface area contributed by atoms with Crippen molar-refractivity contribution in [2.45, 2.75) is 6.92 Å². The molecule has 1 N–H and O–H groups in total. The highest BCUT2D eigenvalue weighted by molar-refractivity contribution is 9.10. The smallest absolute Gasteiger partial charge is 0.341 e. The van der Waals surface area contributed by atoms with Crippen LogP contribution in [0.15, 0.2) is 28.7 Å². The number of nitrogens with one attached hydrogen (secondary N) is 1. The third-order valence-corrected chi connectivity index (χ3v) is 2.98. The van der Waals surface area contributed by atoms with Crippen molar-refractivity contribution in [3.63, 3.8) is 0 Å². The summed E-state index contributed by atoms with van der Waals surface area (Å²) in [6, 6.07) is 7.60. The number of halogens is 1. The van der Waals surface area contributed by atoms with Gasteiger partial charge in [-0.25, -0.2) is 4.79 Å². The second-order valence-electron chi connectivity index (χ2n) is 3.57. The Morgan fingerprint density at radius 1 is 1.35 bits per heavy atom. The monoisotopic (exact) mass is 294 g/mol. The highest BCUT2D eigenvalue weighted by atomic mass is 79.9. The maximum atomic E-state index is 11.7. The van der Waals surface area contributed by atoms with Crippen LogP contribution in [-0.4, -0.2) is 23.3 Å². The van der Waals surface area contributed by atoms with Crippen LogP contribution in [0.2, 0.25) is 0 Å². The number of esters is 1. The Morgan fingerprint density at radius 2 is 2.00 bits per heavy atom. The molecular formula is C12H11BrN2O2. The van der Waals surface area contributed by atoms with Crippen molar-refractivity contribution in [1.82, 2.24) is 10.2 Å². The number of aromatic amines is 1. The molecule has 1 heterocycles. The average molecular weight is 295 g/mol. The SMILES string of the molecule is COC(=O)c1c(-c2ccc(Br)cc2)n[nH]c1C. The number of aromatic nitrogens is 2. The highest BCUT2D eigenvalue weighted by Crippen LogP contribution is 2.25. The first-order chi connectivity index (χ1) is 8.13. The van der Waals surface area contributed by atoms with Gasteiger partial charge >= 0.3 is 5.97 Å². The molecule has 0 aliphatic heterocycles. The number of hydrogen-bond donors (Lipinski definition) is 1. The Morgan fingerprint density at radius 3 is 2.59 bits per heavy atom. The lowest BCUT2D eigenvalue weighted by molar-refractivity contribution is 0.0601. The normalized spacial score (nSPS) is 10.3. The van der Waals surface area contributed by atoms with Gasteiger partial charge in [-0.15, -0.1) is 0 Å². The Labute approximate surface area is 107 Å². The van der Waals surface area contributed by atoms with Gasteiger partial charge in [0.05, 0.1) is 7.11 Å². The summed E-state index contributed by atoms with van der Waals surface area (Å²) in [4.78, 5) is 11.7. The molecule has 0 aliphatic carbocycles. The highest BCUT2D eigenvalue weighted by Gasteiger charge is 2.19. The molecule has 0 aliphatic rings. The molecule has 0 spiro atoms. The molecule has 1 aromatic carbocycles. The fraction of sp³-hybridized carbons (Fsp3) is 0.167. The second kappa shape index (κ2) is 4.71. The molecule has 2 aromatic rings. The summed E-state index contributed by atoms with van der Waals surface area (Å²) in [5.41, 5.74) is 2.67. The van der Waals surface area contributed by atoms with E-state index in [0.717, 1.165) is 10.0 Å². The zero-order chi connectivity index (χ0) is 12.4. The van der Waals surface area contributed by atoms with E-state index in [9.17, 15) is 4.79 Å². The van der Waals surface area contributed by atoms with Crippen molar-refractivity contribution in [2.24, 2.45) is 0 Å². The van der Waals surface area contributed by atoms with Crippen molar-refractivity contribution in [3.8, 4) is 11.3 Å². The van der Waals surface area contributed by atoms with Gasteiger partial charge in [0.15, 0.2) is 0 Å². The first-order valence-electron chi connectivity index (χ1n) is 5.02. The van der Waals surface area contributed by atoms with E-state index < -0.39 is 0 Å². The molecule has 0 atom stereocenters. The maximum Gasteiger partial charge on any atom is 0.341 e. The zero-order valence-electron chi connectivity index (χ0n) is 9.45. The largest absolute Gasteiger partial charge is 0.465 e. The zero-order valence-corrected chi connectivity index (χ0v) is 11.0. The van der Waals surface area contributed by atoms with Crippen LogP contribution in [-0.2, 0) is 4.74 Å². The van der Waals surface area contributed by atoms with Crippen LogP contribution in [0.25, 0.3) is 11.3 Å². The van der Waals surface area contributed by atoms with Gasteiger partial charge in [-0.2, -0.15) is 5.10 Å². The molecule has 88 valence electrons. The minimum Gasteiger partial charge on any atom is -0.465 e. The van der Waals surface area contributed by atoms with E-state index in [1.165, 1.54) is 7.11 Å². The number of H-pyrrole nitrogens is 1. The van der Waals surface area contributed by atoms with Gasteiger partial charge in [0.2, 0.25) is 0 Å². The summed E-state index contributed by atoms with van der Waals surface area (Å²) in [6.07, 6.45) is 0. The standard InChI is InChI=1S/C12H11BrN2O2/c1-7-10(12(16)17-2)11(15-14-7)8-3-5-9(13)6-4-8/h3-6H,1-2H3,(H,14,15). The topological polar surface area (TPSA) is 55.0 Å². The van der Waals surface area contributed by atoms with Crippen LogP contribution >= 0.6 is 15.9 Å². The number of aryl methyl sites for hydroxylation is 1.